The molecule has 1 aliphatic heterocycles. The van der Waals surface area contributed by atoms with Gasteiger partial charge in [-0.15, -0.1) is 5.10 Å². The zero-order valence-corrected chi connectivity index (χ0v) is 14.3. The number of hydrogen-bond acceptors (Lipinski definition) is 5. The van der Waals surface area contributed by atoms with E-state index in [-0.39, 0.29) is 5.91 Å². The number of nitriles is 1. The molecule has 1 aromatic rings. The number of aromatic nitrogens is 2. The molecule has 0 spiro atoms. The van der Waals surface area contributed by atoms with Crippen molar-refractivity contribution >= 4 is 11.7 Å². The first kappa shape index (κ1) is 16.7. The van der Waals surface area contributed by atoms with E-state index in [1.54, 1.807) is 0 Å². The Balaban J connectivity index is 1.55. The van der Waals surface area contributed by atoms with E-state index in [0.29, 0.717) is 19.1 Å². The van der Waals surface area contributed by atoms with Gasteiger partial charge in [0.1, 0.15) is 11.2 Å². The molecule has 2 heterocycles. The van der Waals surface area contributed by atoms with Gasteiger partial charge in [0, 0.05) is 19.1 Å². The van der Waals surface area contributed by atoms with Crippen molar-refractivity contribution in [2.45, 2.75) is 57.9 Å². The molecule has 24 heavy (non-hydrogen) atoms. The minimum Gasteiger partial charge on any atom is -0.366 e. The van der Waals surface area contributed by atoms with Crippen LogP contribution in [0.3, 0.4) is 0 Å². The molecule has 6 heteroatoms. The second-order valence-corrected chi connectivity index (χ2v) is 7.03. The van der Waals surface area contributed by atoms with Crippen molar-refractivity contribution in [2.75, 3.05) is 18.4 Å². The Hall–Kier alpha value is -2.16. The maximum absolute atomic E-state index is 12.9. The van der Waals surface area contributed by atoms with E-state index in [9.17, 15) is 10.1 Å². The van der Waals surface area contributed by atoms with E-state index in [4.69, 9.17) is 0 Å². The molecule has 1 aliphatic carbocycles. The summed E-state index contributed by atoms with van der Waals surface area (Å²) in [6.07, 6.45) is 6.32. The van der Waals surface area contributed by atoms with Crippen molar-refractivity contribution in [3.63, 3.8) is 0 Å². The van der Waals surface area contributed by atoms with E-state index in [0.717, 1.165) is 56.5 Å². The van der Waals surface area contributed by atoms with Gasteiger partial charge in [-0.05, 0) is 44.7 Å². The van der Waals surface area contributed by atoms with Gasteiger partial charge >= 0.3 is 0 Å². The molecule has 1 saturated heterocycles. The number of anilines is 1. The van der Waals surface area contributed by atoms with Crippen LogP contribution in [0, 0.1) is 23.7 Å². The molecule has 2 fully saturated rings. The Morgan fingerprint density at radius 2 is 1.96 bits per heavy atom. The van der Waals surface area contributed by atoms with Gasteiger partial charge in [-0.1, -0.05) is 19.3 Å². The number of amides is 1. The number of rotatable bonds is 3. The summed E-state index contributed by atoms with van der Waals surface area (Å²) in [6.45, 7) is 3.33. The normalized spacial score (nSPS) is 21.1. The first-order chi connectivity index (χ1) is 11.6. The number of aryl methyl sites for hydroxylation is 1. The lowest BCUT2D eigenvalue weighted by Crippen LogP contribution is -2.49. The van der Waals surface area contributed by atoms with Gasteiger partial charge in [0.15, 0.2) is 0 Å². The largest absolute Gasteiger partial charge is 0.366 e. The van der Waals surface area contributed by atoms with Crippen LogP contribution in [0.5, 0.6) is 0 Å². The Kier molecular flexibility index (Phi) is 4.98. The van der Waals surface area contributed by atoms with E-state index >= 15 is 0 Å². The monoisotopic (exact) mass is 327 g/mol. The van der Waals surface area contributed by atoms with Crippen LogP contribution in [0.1, 0.15) is 50.6 Å². The summed E-state index contributed by atoms with van der Waals surface area (Å²) in [4.78, 5) is 14.8. The lowest BCUT2D eigenvalue weighted by atomic mass is 9.74. The van der Waals surface area contributed by atoms with Crippen molar-refractivity contribution in [2.24, 2.45) is 5.41 Å². The van der Waals surface area contributed by atoms with Gasteiger partial charge in [-0.2, -0.15) is 10.4 Å². The van der Waals surface area contributed by atoms with Crippen LogP contribution in [0.2, 0.25) is 0 Å². The fourth-order valence-corrected chi connectivity index (χ4v) is 3.74. The van der Waals surface area contributed by atoms with Crippen LogP contribution in [0.15, 0.2) is 12.1 Å². The van der Waals surface area contributed by atoms with Crippen LogP contribution in [-0.4, -0.2) is 40.1 Å². The Morgan fingerprint density at radius 3 is 2.54 bits per heavy atom. The molecule has 6 nitrogen and oxygen atoms in total. The molecule has 1 aromatic heterocycles. The highest BCUT2D eigenvalue weighted by molar-refractivity contribution is 5.85. The molecule has 1 amide bonds. The van der Waals surface area contributed by atoms with Crippen molar-refractivity contribution in [3.05, 3.63) is 17.8 Å². The maximum Gasteiger partial charge on any atom is 0.243 e. The summed E-state index contributed by atoms with van der Waals surface area (Å²) in [5.74, 6) is 0.837. The van der Waals surface area contributed by atoms with Gasteiger partial charge in [-0.25, -0.2) is 0 Å². The standard InChI is InChI=1S/C18H25N5O/c1-14-5-6-16(22-21-14)20-15-7-11-23(12-8-15)17(24)18(13-19)9-3-2-4-10-18/h5-6,15H,2-4,7-12H2,1H3,(H,20,22). The van der Waals surface area contributed by atoms with Crippen molar-refractivity contribution < 1.29 is 4.79 Å². The number of likely N-dealkylation sites (tertiary alicyclic amines) is 1. The Bertz CT molecular complexity index is 607. The number of nitrogens with zero attached hydrogens (tertiary/aromatic N) is 4. The van der Waals surface area contributed by atoms with Crippen molar-refractivity contribution in [3.8, 4) is 6.07 Å². The fraction of sp³-hybridized carbons (Fsp3) is 0.667. The molecule has 1 N–H and O–H groups in total. The number of hydrogen-bond donors (Lipinski definition) is 1. The second-order valence-electron chi connectivity index (χ2n) is 7.03. The van der Waals surface area contributed by atoms with Gasteiger partial charge in [0.2, 0.25) is 5.91 Å². The maximum atomic E-state index is 12.9. The molecule has 3 rings (SSSR count). The minimum atomic E-state index is -0.763. The molecular formula is C18H25N5O. The lowest BCUT2D eigenvalue weighted by Gasteiger charge is -2.38. The summed E-state index contributed by atoms with van der Waals surface area (Å²) in [6, 6.07) is 6.52. The van der Waals surface area contributed by atoms with E-state index in [1.165, 1.54) is 0 Å². The van der Waals surface area contributed by atoms with E-state index in [2.05, 4.69) is 21.6 Å². The van der Waals surface area contributed by atoms with Crippen LogP contribution >= 0.6 is 0 Å². The average molecular weight is 327 g/mol. The SMILES string of the molecule is Cc1ccc(NC2CCN(C(=O)C3(C#N)CCCCC3)CC2)nn1. The summed E-state index contributed by atoms with van der Waals surface area (Å²) < 4.78 is 0. The number of nitrogens with one attached hydrogen (secondary N) is 1. The number of carbonyl (C=O) groups excluding carboxylic acids is 1. The molecular weight excluding hydrogens is 302 g/mol. The molecule has 0 aromatic carbocycles. The zero-order chi connectivity index (χ0) is 17.0. The molecule has 0 radical (unpaired) electrons. The number of carbonyl (C=O) groups is 1. The minimum absolute atomic E-state index is 0.0540. The lowest BCUT2D eigenvalue weighted by molar-refractivity contribution is -0.141. The highest BCUT2D eigenvalue weighted by Crippen LogP contribution is 2.38. The predicted octanol–water partition coefficient (Wildman–Crippen LogP) is 2.66. The summed E-state index contributed by atoms with van der Waals surface area (Å²) in [5.41, 5.74) is 0.135. The molecule has 0 unspecified atom stereocenters. The first-order valence-electron chi connectivity index (χ1n) is 8.90. The van der Waals surface area contributed by atoms with Crippen LogP contribution in [-0.2, 0) is 4.79 Å². The molecule has 2 aliphatic rings. The van der Waals surface area contributed by atoms with Crippen molar-refractivity contribution in [1.82, 2.24) is 15.1 Å². The topological polar surface area (TPSA) is 81.9 Å². The average Bonchev–Trinajstić information content (AvgIpc) is 2.64. The van der Waals surface area contributed by atoms with Crippen molar-refractivity contribution in [1.29, 1.82) is 5.26 Å². The third kappa shape index (κ3) is 3.50. The third-order valence-electron chi connectivity index (χ3n) is 5.26. The van der Waals surface area contributed by atoms with Gasteiger partial charge in [-0.3, -0.25) is 4.79 Å². The predicted molar refractivity (Wildman–Crippen MR) is 91.1 cm³/mol. The Morgan fingerprint density at radius 1 is 1.25 bits per heavy atom. The summed E-state index contributed by atoms with van der Waals surface area (Å²) >= 11 is 0. The fourth-order valence-electron chi connectivity index (χ4n) is 3.74. The quantitative estimate of drug-likeness (QED) is 0.923. The first-order valence-corrected chi connectivity index (χ1v) is 8.90. The third-order valence-corrected chi connectivity index (χ3v) is 5.26. The van der Waals surface area contributed by atoms with Gasteiger partial charge in [0.25, 0.3) is 0 Å². The smallest absolute Gasteiger partial charge is 0.243 e. The van der Waals surface area contributed by atoms with Crippen LogP contribution in [0.25, 0.3) is 0 Å². The van der Waals surface area contributed by atoms with Gasteiger partial charge in [0.05, 0.1) is 11.8 Å². The summed E-state index contributed by atoms with van der Waals surface area (Å²) in [5, 5.41) is 21.2. The van der Waals surface area contributed by atoms with E-state index < -0.39 is 5.41 Å². The second kappa shape index (κ2) is 7.16. The van der Waals surface area contributed by atoms with E-state index in [1.807, 2.05) is 24.0 Å². The zero-order valence-electron chi connectivity index (χ0n) is 14.3. The molecule has 0 atom stereocenters. The number of piperidine rings is 1. The Labute approximate surface area is 143 Å². The van der Waals surface area contributed by atoms with Gasteiger partial charge < -0.3 is 10.2 Å². The molecule has 128 valence electrons. The van der Waals surface area contributed by atoms with Crippen LogP contribution < -0.4 is 5.32 Å². The molecule has 0 bridgehead atoms. The highest BCUT2D eigenvalue weighted by atomic mass is 16.2. The highest BCUT2D eigenvalue weighted by Gasteiger charge is 2.43. The summed E-state index contributed by atoms with van der Waals surface area (Å²) in [7, 11) is 0. The molecule has 1 saturated carbocycles. The van der Waals surface area contributed by atoms with Crippen LogP contribution in [0.4, 0.5) is 5.82 Å².